The lowest BCUT2D eigenvalue weighted by molar-refractivity contribution is -0.138. The highest BCUT2D eigenvalue weighted by Gasteiger charge is 2.30. The van der Waals surface area contributed by atoms with Gasteiger partial charge in [0.1, 0.15) is 0 Å². The summed E-state index contributed by atoms with van der Waals surface area (Å²) in [6, 6.07) is 3.62. The minimum absolute atomic E-state index is 0.130. The van der Waals surface area contributed by atoms with Crippen molar-refractivity contribution < 1.29 is 26.3 Å². The zero-order valence-electron chi connectivity index (χ0n) is 10.4. The summed E-state index contributed by atoms with van der Waals surface area (Å²) in [7, 11) is 0. The number of rotatable bonds is 5. The molecule has 1 atom stereocenters. The van der Waals surface area contributed by atoms with Crippen molar-refractivity contribution in [2.24, 2.45) is 5.84 Å². The molecule has 1 aromatic rings. The Hall–Kier alpha value is -1.28. The van der Waals surface area contributed by atoms with Gasteiger partial charge in [0, 0.05) is 12.5 Å². The van der Waals surface area contributed by atoms with E-state index < -0.39 is 30.4 Å². The maximum Gasteiger partial charge on any atom is 0.416 e. The molecule has 0 fully saturated rings. The highest BCUT2D eigenvalue weighted by atomic mass is 19.4. The lowest BCUT2D eigenvalue weighted by Gasteiger charge is -2.17. The largest absolute Gasteiger partial charge is 0.416 e. The molecule has 0 heterocycles. The monoisotopic (exact) mass is 300 g/mol. The molecule has 0 radical (unpaired) electrons. The summed E-state index contributed by atoms with van der Waals surface area (Å²) < 4.78 is 73.3. The Morgan fingerprint density at radius 3 is 1.95 bits per heavy atom. The summed E-state index contributed by atoms with van der Waals surface area (Å²) >= 11 is 0. The molecule has 0 saturated heterocycles. The normalized spacial score (nSPS) is 14.3. The highest BCUT2D eigenvalue weighted by molar-refractivity contribution is 5.25. The van der Waals surface area contributed by atoms with E-state index in [2.05, 4.69) is 5.43 Å². The first-order chi connectivity index (χ1) is 9.12. The van der Waals surface area contributed by atoms with Gasteiger partial charge in [-0.05, 0) is 30.5 Å². The molecule has 1 rings (SSSR count). The van der Waals surface area contributed by atoms with Gasteiger partial charge in [-0.1, -0.05) is 12.1 Å². The van der Waals surface area contributed by atoms with E-state index >= 15 is 0 Å². The summed E-state index contributed by atoms with van der Waals surface area (Å²) in [5, 5.41) is 0. The first-order valence-electron chi connectivity index (χ1n) is 5.81. The zero-order chi connectivity index (χ0) is 15.4. The number of hydrogen-bond donors (Lipinski definition) is 2. The van der Waals surface area contributed by atoms with E-state index in [1.54, 1.807) is 0 Å². The van der Waals surface area contributed by atoms with Crippen LogP contribution in [-0.2, 0) is 12.6 Å². The van der Waals surface area contributed by atoms with E-state index in [1.807, 2.05) is 0 Å². The minimum atomic E-state index is -4.43. The molecule has 0 spiro atoms. The van der Waals surface area contributed by atoms with Crippen molar-refractivity contribution in [1.29, 1.82) is 0 Å². The van der Waals surface area contributed by atoms with Crippen molar-refractivity contribution in [3.05, 3.63) is 35.4 Å². The summed E-state index contributed by atoms with van der Waals surface area (Å²) in [5.41, 5.74) is 1.94. The van der Waals surface area contributed by atoms with Gasteiger partial charge in [0.2, 0.25) is 0 Å². The molecule has 0 aliphatic rings. The van der Waals surface area contributed by atoms with E-state index in [1.165, 1.54) is 12.1 Å². The molecule has 0 amide bonds. The van der Waals surface area contributed by atoms with Gasteiger partial charge in [-0.3, -0.25) is 11.3 Å². The van der Waals surface area contributed by atoms with Crippen LogP contribution in [0, 0.1) is 0 Å². The second kappa shape index (κ2) is 6.45. The topological polar surface area (TPSA) is 38.0 Å². The van der Waals surface area contributed by atoms with Crippen molar-refractivity contribution in [2.75, 3.05) is 0 Å². The van der Waals surface area contributed by atoms with Gasteiger partial charge in [0.15, 0.2) is 0 Å². The SMILES string of the molecule is NNC(CCC(F)(F)F)Cc1ccc(C(F)(F)F)cc1. The lowest BCUT2D eigenvalue weighted by Crippen LogP contribution is -2.37. The first kappa shape index (κ1) is 16.8. The van der Waals surface area contributed by atoms with Gasteiger partial charge < -0.3 is 0 Å². The second-order valence-electron chi connectivity index (χ2n) is 4.42. The van der Waals surface area contributed by atoms with E-state index in [9.17, 15) is 26.3 Å². The smallest absolute Gasteiger partial charge is 0.271 e. The Bertz CT molecular complexity index is 409. The number of alkyl halides is 6. The van der Waals surface area contributed by atoms with Crippen LogP contribution in [0.4, 0.5) is 26.3 Å². The van der Waals surface area contributed by atoms with Crippen LogP contribution in [0.2, 0.25) is 0 Å². The average molecular weight is 300 g/mol. The molecule has 8 heteroatoms. The van der Waals surface area contributed by atoms with Crippen LogP contribution in [0.1, 0.15) is 24.0 Å². The highest BCUT2D eigenvalue weighted by Crippen LogP contribution is 2.29. The summed E-state index contributed by atoms with van der Waals surface area (Å²) in [4.78, 5) is 0. The number of nitrogens with two attached hydrogens (primary N) is 1. The standard InChI is InChI=1S/C12H14F6N2/c13-11(14,15)6-5-10(20-19)7-8-1-3-9(4-2-8)12(16,17)18/h1-4,10,20H,5-7,19H2. The van der Waals surface area contributed by atoms with Crippen LogP contribution in [0.5, 0.6) is 0 Å². The molecular formula is C12H14F6N2. The predicted molar refractivity (Wildman–Crippen MR) is 61.5 cm³/mol. The maximum absolute atomic E-state index is 12.3. The average Bonchev–Trinajstić information content (AvgIpc) is 2.33. The number of hydrazine groups is 1. The predicted octanol–water partition coefficient (Wildman–Crippen LogP) is 3.42. The Morgan fingerprint density at radius 1 is 1.00 bits per heavy atom. The zero-order valence-corrected chi connectivity index (χ0v) is 10.4. The third-order valence-corrected chi connectivity index (χ3v) is 2.78. The molecular weight excluding hydrogens is 286 g/mol. The number of nitrogens with one attached hydrogen (secondary N) is 1. The first-order valence-corrected chi connectivity index (χ1v) is 5.81. The van der Waals surface area contributed by atoms with Gasteiger partial charge in [0.25, 0.3) is 0 Å². The molecule has 3 N–H and O–H groups in total. The molecule has 0 bridgehead atoms. The number of halogens is 6. The van der Waals surface area contributed by atoms with Crippen molar-refractivity contribution in [1.82, 2.24) is 5.43 Å². The Kier molecular flexibility index (Phi) is 5.41. The Morgan fingerprint density at radius 2 is 1.55 bits per heavy atom. The van der Waals surface area contributed by atoms with Crippen LogP contribution in [0.25, 0.3) is 0 Å². The molecule has 1 aromatic carbocycles. The molecule has 0 saturated carbocycles. The minimum Gasteiger partial charge on any atom is -0.271 e. The van der Waals surface area contributed by atoms with E-state index in [0.29, 0.717) is 5.56 Å². The van der Waals surface area contributed by atoms with Crippen LogP contribution < -0.4 is 11.3 Å². The Labute approximate surface area is 111 Å². The van der Waals surface area contributed by atoms with Gasteiger partial charge in [-0.2, -0.15) is 26.3 Å². The van der Waals surface area contributed by atoms with Crippen LogP contribution in [0.15, 0.2) is 24.3 Å². The van der Waals surface area contributed by atoms with E-state index in [4.69, 9.17) is 5.84 Å². The maximum atomic E-state index is 12.3. The van der Waals surface area contributed by atoms with Gasteiger partial charge in [-0.15, -0.1) is 0 Å². The second-order valence-corrected chi connectivity index (χ2v) is 4.42. The lowest BCUT2D eigenvalue weighted by atomic mass is 10.0. The fraction of sp³-hybridized carbons (Fsp3) is 0.500. The van der Waals surface area contributed by atoms with Gasteiger partial charge in [0.05, 0.1) is 5.56 Å². The van der Waals surface area contributed by atoms with Crippen LogP contribution >= 0.6 is 0 Å². The summed E-state index contributed by atoms with van der Waals surface area (Å²) in [5.74, 6) is 5.15. The Balaban J connectivity index is 2.62. The van der Waals surface area contributed by atoms with Crippen molar-refractivity contribution >= 4 is 0 Å². The molecule has 2 nitrogen and oxygen atoms in total. The van der Waals surface area contributed by atoms with Crippen molar-refractivity contribution in [3.8, 4) is 0 Å². The molecule has 0 aromatic heterocycles. The quantitative estimate of drug-likeness (QED) is 0.497. The third kappa shape index (κ3) is 5.79. The number of hydrogen-bond acceptors (Lipinski definition) is 2. The molecule has 0 aliphatic heterocycles. The van der Waals surface area contributed by atoms with Gasteiger partial charge >= 0.3 is 12.4 Å². The molecule has 1 unspecified atom stereocenters. The third-order valence-electron chi connectivity index (χ3n) is 2.78. The van der Waals surface area contributed by atoms with Crippen LogP contribution in [-0.4, -0.2) is 12.2 Å². The molecule has 0 aliphatic carbocycles. The number of benzene rings is 1. The summed E-state index contributed by atoms with van der Waals surface area (Å²) in [6.07, 6.45) is -9.82. The summed E-state index contributed by atoms with van der Waals surface area (Å²) in [6.45, 7) is 0. The van der Waals surface area contributed by atoms with Gasteiger partial charge in [-0.25, -0.2) is 0 Å². The van der Waals surface area contributed by atoms with E-state index in [0.717, 1.165) is 12.1 Å². The molecule has 114 valence electrons. The van der Waals surface area contributed by atoms with Crippen molar-refractivity contribution in [2.45, 2.75) is 37.7 Å². The van der Waals surface area contributed by atoms with Crippen LogP contribution in [0.3, 0.4) is 0 Å². The van der Waals surface area contributed by atoms with E-state index in [-0.39, 0.29) is 12.8 Å². The molecule has 20 heavy (non-hydrogen) atoms. The fourth-order valence-electron chi connectivity index (χ4n) is 1.70. The van der Waals surface area contributed by atoms with Crippen molar-refractivity contribution in [3.63, 3.8) is 0 Å². The fourth-order valence-corrected chi connectivity index (χ4v) is 1.70.